The largest absolute Gasteiger partial charge is 0.461 e. The third-order valence-corrected chi connectivity index (χ3v) is 6.17. The molecule has 0 heterocycles. The quantitative estimate of drug-likeness (QED) is 0.231. The molecule has 0 saturated heterocycles. The summed E-state index contributed by atoms with van der Waals surface area (Å²) in [6, 6.07) is 6.42. The lowest BCUT2D eigenvalue weighted by Crippen LogP contribution is -2.34. The van der Waals surface area contributed by atoms with Gasteiger partial charge in [-0.15, -0.1) is 0 Å². The van der Waals surface area contributed by atoms with Crippen LogP contribution in [0.5, 0.6) is 5.75 Å². The van der Waals surface area contributed by atoms with Gasteiger partial charge in [0.15, 0.2) is 0 Å². The fourth-order valence-corrected chi connectivity index (χ4v) is 4.43. The van der Waals surface area contributed by atoms with E-state index in [0.29, 0.717) is 11.5 Å². The molecule has 0 amide bonds. The van der Waals surface area contributed by atoms with Crippen molar-refractivity contribution < 1.29 is 22.3 Å². The van der Waals surface area contributed by atoms with Crippen LogP contribution in [-0.2, 0) is 0 Å². The third kappa shape index (κ3) is 8.18. The van der Waals surface area contributed by atoms with Crippen LogP contribution in [0.1, 0.15) is 102 Å². The van der Waals surface area contributed by atoms with Crippen LogP contribution in [0.4, 0.5) is 17.6 Å². The van der Waals surface area contributed by atoms with Gasteiger partial charge in [0.05, 0.1) is 0 Å². The second-order valence-electron chi connectivity index (χ2n) is 8.48. The monoisotopic (exact) mass is 416 g/mol. The molecule has 1 aromatic carbocycles. The molecule has 1 saturated carbocycles. The SMILES string of the molecule is CCCCCCCCCCC1CCC(c2ccccc2OC(F)(F)C(F)F)CC1. The van der Waals surface area contributed by atoms with Gasteiger partial charge in [0.1, 0.15) is 5.75 Å². The molecule has 0 spiro atoms. The van der Waals surface area contributed by atoms with Crippen molar-refractivity contribution in [2.24, 2.45) is 5.92 Å². The van der Waals surface area contributed by atoms with Crippen molar-refractivity contribution in [2.45, 2.75) is 109 Å². The van der Waals surface area contributed by atoms with Gasteiger partial charge in [-0.3, -0.25) is 0 Å². The lowest BCUT2D eigenvalue weighted by Gasteiger charge is -2.30. The Morgan fingerprint density at radius 3 is 2.10 bits per heavy atom. The van der Waals surface area contributed by atoms with Crippen molar-refractivity contribution in [1.29, 1.82) is 0 Å². The van der Waals surface area contributed by atoms with Crippen LogP contribution in [0.15, 0.2) is 24.3 Å². The van der Waals surface area contributed by atoms with E-state index < -0.39 is 12.5 Å². The normalized spacial score (nSPS) is 20.2. The minimum absolute atomic E-state index is 0.106. The van der Waals surface area contributed by atoms with Crippen molar-refractivity contribution in [3.8, 4) is 5.75 Å². The molecule has 1 fully saturated rings. The van der Waals surface area contributed by atoms with Crippen molar-refractivity contribution in [1.82, 2.24) is 0 Å². The number of ether oxygens (including phenoxy) is 1. The molecule has 0 unspecified atom stereocenters. The van der Waals surface area contributed by atoms with E-state index in [1.807, 2.05) is 0 Å². The summed E-state index contributed by atoms with van der Waals surface area (Å²) < 4.78 is 56.1. The minimum atomic E-state index is -4.45. The molecule has 0 aromatic heterocycles. The molecule has 0 radical (unpaired) electrons. The van der Waals surface area contributed by atoms with Crippen molar-refractivity contribution in [3.63, 3.8) is 0 Å². The molecule has 166 valence electrons. The zero-order valence-corrected chi connectivity index (χ0v) is 17.7. The van der Waals surface area contributed by atoms with E-state index >= 15 is 0 Å². The highest BCUT2D eigenvalue weighted by atomic mass is 19.3. The summed E-state index contributed by atoms with van der Waals surface area (Å²) in [6.07, 6.45) is 7.46. The predicted octanol–water partition coefficient (Wildman–Crippen LogP) is 8.73. The summed E-state index contributed by atoms with van der Waals surface area (Å²) in [7, 11) is 0. The van der Waals surface area contributed by atoms with Crippen LogP contribution in [0.25, 0.3) is 0 Å². The summed E-state index contributed by atoms with van der Waals surface area (Å²) >= 11 is 0. The Morgan fingerprint density at radius 2 is 1.48 bits per heavy atom. The maximum Gasteiger partial charge on any atom is 0.461 e. The van der Waals surface area contributed by atoms with Crippen LogP contribution in [0.2, 0.25) is 0 Å². The predicted molar refractivity (Wildman–Crippen MR) is 110 cm³/mol. The van der Waals surface area contributed by atoms with Crippen LogP contribution >= 0.6 is 0 Å². The number of rotatable bonds is 13. The topological polar surface area (TPSA) is 9.23 Å². The first-order chi connectivity index (χ1) is 13.9. The Labute approximate surface area is 173 Å². The van der Waals surface area contributed by atoms with Gasteiger partial charge in [0, 0.05) is 0 Å². The Hall–Kier alpha value is -1.26. The molecular weight excluding hydrogens is 380 g/mol. The van der Waals surface area contributed by atoms with Gasteiger partial charge in [-0.25, -0.2) is 0 Å². The molecule has 1 aliphatic rings. The summed E-state index contributed by atoms with van der Waals surface area (Å²) in [5.41, 5.74) is 0.637. The Bertz CT molecular complexity index is 568. The van der Waals surface area contributed by atoms with Crippen LogP contribution in [0.3, 0.4) is 0 Å². The van der Waals surface area contributed by atoms with Crippen molar-refractivity contribution in [3.05, 3.63) is 29.8 Å². The molecular formula is C24H36F4O. The first-order valence-electron chi connectivity index (χ1n) is 11.4. The molecule has 0 atom stereocenters. The van der Waals surface area contributed by atoms with Crippen molar-refractivity contribution in [2.75, 3.05) is 0 Å². The highest BCUT2D eigenvalue weighted by Crippen LogP contribution is 2.42. The number of benzene rings is 1. The number of hydrogen-bond donors (Lipinski definition) is 0. The van der Waals surface area contributed by atoms with E-state index in [0.717, 1.165) is 25.7 Å². The fraction of sp³-hybridized carbons (Fsp3) is 0.750. The standard InChI is InChI=1S/C24H36F4O/c1-2-3-4-5-6-7-8-9-12-19-15-17-20(18-16-19)21-13-10-11-14-22(21)29-24(27,28)23(25)26/h10-11,13-14,19-20,23H,2-9,12,15-18H2,1H3. The lowest BCUT2D eigenvalue weighted by atomic mass is 9.77. The molecule has 0 N–H and O–H groups in total. The smallest absolute Gasteiger partial charge is 0.428 e. The number of alkyl halides is 4. The van der Waals surface area contributed by atoms with Crippen LogP contribution in [0, 0.1) is 5.92 Å². The minimum Gasteiger partial charge on any atom is -0.428 e. The average molecular weight is 417 g/mol. The van der Waals surface area contributed by atoms with E-state index in [9.17, 15) is 17.6 Å². The Kier molecular flexibility index (Phi) is 10.3. The van der Waals surface area contributed by atoms with Gasteiger partial charge < -0.3 is 4.74 Å². The number of unbranched alkanes of at least 4 members (excludes halogenated alkanes) is 7. The van der Waals surface area contributed by atoms with Gasteiger partial charge >= 0.3 is 12.5 Å². The zero-order chi connectivity index (χ0) is 21.1. The van der Waals surface area contributed by atoms with Gasteiger partial charge in [-0.2, -0.15) is 17.6 Å². The van der Waals surface area contributed by atoms with Crippen LogP contribution in [-0.4, -0.2) is 12.5 Å². The number of hydrogen-bond acceptors (Lipinski definition) is 1. The fourth-order valence-electron chi connectivity index (χ4n) is 4.43. The van der Waals surface area contributed by atoms with E-state index in [2.05, 4.69) is 11.7 Å². The Morgan fingerprint density at radius 1 is 0.897 bits per heavy atom. The maximum atomic E-state index is 13.4. The second-order valence-corrected chi connectivity index (χ2v) is 8.48. The van der Waals surface area contributed by atoms with E-state index in [-0.39, 0.29) is 11.7 Å². The van der Waals surface area contributed by atoms with Crippen molar-refractivity contribution >= 4 is 0 Å². The Balaban J connectivity index is 1.73. The number of halogens is 4. The summed E-state index contributed by atoms with van der Waals surface area (Å²) in [5, 5.41) is 0. The van der Waals surface area contributed by atoms with Gasteiger partial charge in [-0.1, -0.05) is 82.9 Å². The summed E-state index contributed by atoms with van der Waals surface area (Å²) in [5.74, 6) is 0.695. The molecule has 0 aliphatic heterocycles. The molecule has 29 heavy (non-hydrogen) atoms. The molecule has 1 aliphatic carbocycles. The molecule has 1 nitrogen and oxygen atoms in total. The summed E-state index contributed by atoms with van der Waals surface area (Å²) in [4.78, 5) is 0. The lowest BCUT2D eigenvalue weighted by molar-refractivity contribution is -0.253. The molecule has 1 aromatic rings. The van der Waals surface area contributed by atoms with E-state index in [4.69, 9.17) is 0 Å². The van der Waals surface area contributed by atoms with Crippen LogP contribution < -0.4 is 4.74 Å². The van der Waals surface area contributed by atoms with Gasteiger partial charge in [-0.05, 0) is 49.1 Å². The molecule has 2 rings (SSSR count). The maximum absolute atomic E-state index is 13.4. The van der Waals surface area contributed by atoms with Gasteiger partial charge in [0.2, 0.25) is 0 Å². The highest BCUT2D eigenvalue weighted by Gasteiger charge is 2.44. The average Bonchev–Trinajstić information content (AvgIpc) is 2.70. The van der Waals surface area contributed by atoms with E-state index in [1.54, 1.807) is 18.2 Å². The zero-order valence-electron chi connectivity index (χ0n) is 17.7. The first kappa shape index (κ1) is 24.0. The molecule has 5 heteroatoms. The second kappa shape index (κ2) is 12.4. The molecule has 0 bridgehead atoms. The highest BCUT2D eigenvalue weighted by molar-refractivity contribution is 5.36. The van der Waals surface area contributed by atoms with E-state index in [1.165, 1.54) is 63.9 Å². The number of para-hydroxylation sites is 1. The third-order valence-electron chi connectivity index (χ3n) is 6.17. The van der Waals surface area contributed by atoms with Gasteiger partial charge in [0.25, 0.3) is 0 Å². The first-order valence-corrected chi connectivity index (χ1v) is 11.4. The summed E-state index contributed by atoms with van der Waals surface area (Å²) in [6.45, 7) is 2.24.